The number of amides is 1. The van der Waals surface area contributed by atoms with Crippen LogP contribution in [0.3, 0.4) is 0 Å². The summed E-state index contributed by atoms with van der Waals surface area (Å²) in [6, 6.07) is 11.6. The molecule has 3 aromatic rings. The van der Waals surface area contributed by atoms with Crippen molar-refractivity contribution < 1.29 is 23.1 Å². The van der Waals surface area contributed by atoms with Crippen LogP contribution >= 0.6 is 0 Å². The van der Waals surface area contributed by atoms with Crippen molar-refractivity contribution in [2.75, 3.05) is 5.32 Å². The predicted molar refractivity (Wildman–Crippen MR) is 96.3 cm³/mol. The Kier molecular flexibility index (Phi) is 5.12. The minimum atomic E-state index is -1.14. The lowest BCUT2D eigenvalue weighted by molar-refractivity contribution is -0.123. The average molecular weight is 370 g/mol. The van der Waals surface area contributed by atoms with E-state index in [4.69, 9.17) is 4.74 Å². The van der Waals surface area contributed by atoms with Crippen molar-refractivity contribution in [1.29, 1.82) is 0 Å². The van der Waals surface area contributed by atoms with E-state index in [1.807, 2.05) is 6.07 Å². The van der Waals surface area contributed by atoms with E-state index in [0.29, 0.717) is 22.2 Å². The highest BCUT2D eigenvalue weighted by molar-refractivity contribution is 6.05. The third-order valence-corrected chi connectivity index (χ3v) is 3.90. The van der Waals surface area contributed by atoms with Crippen LogP contribution in [0, 0.1) is 18.6 Å². The summed E-state index contributed by atoms with van der Waals surface area (Å²) in [4.78, 5) is 29.1. The minimum Gasteiger partial charge on any atom is -0.449 e. The summed E-state index contributed by atoms with van der Waals surface area (Å²) in [5, 5.41) is 2.99. The largest absolute Gasteiger partial charge is 0.449 e. The van der Waals surface area contributed by atoms with Crippen molar-refractivity contribution in [3.8, 4) is 0 Å². The molecular formula is C20H16F2N2O3. The number of nitrogens with zero attached hydrogens (tertiary/aromatic N) is 1. The SMILES string of the molecule is Cc1cc(C(=O)O[C@@H](C)C(=O)Nc2ccc(F)c(F)c2)c2ccccc2n1. The number of halogens is 2. The van der Waals surface area contributed by atoms with Crippen LogP contribution in [-0.4, -0.2) is 23.0 Å². The Hall–Kier alpha value is -3.35. The van der Waals surface area contributed by atoms with E-state index < -0.39 is 29.6 Å². The molecule has 0 saturated carbocycles. The van der Waals surface area contributed by atoms with Gasteiger partial charge in [-0.25, -0.2) is 13.6 Å². The van der Waals surface area contributed by atoms with E-state index in [1.54, 1.807) is 31.2 Å². The molecule has 0 radical (unpaired) electrons. The number of benzene rings is 2. The van der Waals surface area contributed by atoms with Gasteiger partial charge in [0.1, 0.15) is 0 Å². The van der Waals surface area contributed by atoms with Crippen LogP contribution in [-0.2, 0) is 9.53 Å². The Morgan fingerprint density at radius 3 is 2.56 bits per heavy atom. The maximum atomic E-state index is 13.2. The monoisotopic (exact) mass is 370 g/mol. The molecule has 5 nitrogen and oxygen atoms in total. The molecule has 0 saturated heterocycles. The zero-order chi connectivity index (χ0) is 19.6. The van der Waals surface area contributed by atoms with E-state index in [9.17, 15) is 18.4 Å². The molecule has 0 bridgehead atoms. The first-order valence-corrected chi connectivity index (χ1v) is 8.18. The minimum absolute atomic E-state index is 0.0620. The number of carbonyl (C=O) groups excluding carboxylic acids is 2. The lowest BCUT2D eigenvalue weighted by Gasteiger charge is -2.15. The summed E-state index contributed by atoms with van der Waals surface area (Å²) in [5.74, 6) is -3.45. The predicted octanol–water partition coefficient (Wildman–Crippen LogP) is 4.01. The van der Waals surface area contributed by atoms with Gasteiger partial charge < -0.3 is 10.1 Å². The maximum Gasteiger partial charge on any atom is 0.339 e. The molecule has 3 rings (SSSR count). The molecule has 0 spiro atoms. The van der Waals surface area contributed by atoms with Gasteiger partial charge in [0.25, 0.3) is 5.91 Å². The number of para-hydroxylation sites is 1. The Bertz CT molecular complexity index is 1040. The summed E-state index contributed by atoms with van der Waals surface area (Å²) in [6.07, 6.45) is -1.14. The second-order valence-electron chi connectivity index (χ2n) is 5.99. The molecule has 0 aliphatic carbocycles. The van der Waals surface area contributed by atoms with Crippen LogP contribution in [0.25, 0.3) is 10.9 Å². The first-order valence-electron chi connectivity index (χ1n) is 8.18. The highest BCUT2D eigenvalue weighted by Crippen LogP contribution is 2.20. The maximum absolute atomic E-state index is 13.2. The van der Waals surface area contributed by atoms with Crippen molar-refractivity contribution in [3.05, 3.63) is 71.4 Å². The van der Waals surface area contributed by atoms with E-state index in [0.717, 1.165) is 12.1 Å². The van der Waals surface area contributed by atoms with Gasteiger partial charge in [-0.3, -0.25) is 9.78 Å². The highest BCUT2D eigenvalue weighted by atomic mass is 19.2. The third-order valence-electron chi connectivity index (χ3n) is 3.90. The fourth-order valence-electron chi connectivity index (χ4n) is 2.57. The van der Waals surface area contributed by atoms with Crippen LogP contribution < -0.4 is 5.32 Å². The van der Waals surface area contributed by atoms with Crippen LogP contribution in [0.15, 0.2) is 48.5 Å². The Labute approximate surface area is 154 Å². The Morgan fingerprint density at radius 1 is 1.07 bits per heavy atom. The Balaban J connectivity index is 1.75. The molecule has 2 aromatic carbocycles. The fraction of sp³-hybridized carbons (Fsp3) is 0.150. The van der Waals surface area contributed by atoms with Gasteiger partial charge in [-0.15, -0.1) is 0 Å². The van der Waals surface area contributed by atoms with Gasteiger partial charge >= 0.3 is 5.97 Å². The topological polar surface area (TPSA) is 68.3 Å². The number of fused-ring (bicyclic) bond motifs is 1. The summed E-state index contributed by atoms with van der Waals surface area (Å²) >= 11 is 0. The average Bonchev–Trinajstić information content (AvgIpc) is 2.63. The molecule has 1 heterocycles. The number of aromatic nitrogens is 1. The van der Waals surface area contributed by atoms with Gasteiger partial charge in [-0.2, -0.15) is 0 Å². The normalized spacial score (nSPS) is 11.9. The number of ether oxygens (including phenoxy) is 1. The third kappa shape index (κ3) is 4.08. The number of esters is 1. The number of pyridine rings is 1. The lowest BCUT2D eigenvalue weighted by Crippen LogP contribution is -2.30. The standard InChI is InChI=1S/C20H16F2N2O3/c1-11-9-15(14-5-3-4-6-18(14)23-11)20(26)27-12(2)19(25)24-13-7-8-16(21)17(22)10-13/h3-10,12H,1-2H3,(H,24,25)/t12-/m0/s1. The molecule has 0 unspecified atom stereocenters. The van der Waals surface area contributed by atoms with E-state index in [-0.39, 0.29) is 5.69 Å². The van der Waals surface area contributed by atoms with Gasteiger partial charge in [0, 0.05) is 22.8 Å². The molecular weight excluding hydrogens is 354 g/mol. The van der Waals surface area contributed by atoms with Gasteiger partial charge in [0.2, 0.25) is 0 Å². The smallest absolute Gasteiger partial charge is 0.339 e. The molecule has 27 heavy (non-hydrogen) atoms. The number of anilines is 1. The van der Waals surface area contributed by atoms with Crippen LogP contribution in [0.4, 0.5) is 14.5 Å². The summed E-state index contributed by atoms with van der Waals surface area (Å²) in [7, 11) is 0. The van der Waals surface area contributed by atoms with E-state index in [2.05, 4.69) is 10.3 Å². The van der Waals surface area contributed by atoms with Crippen molar-refractivity contribution in [2.45, 2.75) is 20.0 Å². The Morgan fingerprint density at radius 2 is 1.81 bits per heavy atom. The zero-order valence-corrected chi connectivity index (χ0v) is 14.6. The van der Waals surface area contributed by atoms with Gasteiger partial charge in [-0.1, -0.05) is 18.2 Å². The fourth-order valence-corrected chi connectivity index (χ4v) is 2.57. The summed E-state index contributed by atoms with van der Waals surface area (Å²) < 4.78 is 31.4. The number of aryl methyl sites for hydroxylation is 1. The molecule has 7 heteroatoms. The number of carbonyl (C=O) groups is 2. The number of nitrogens with one attached hydrogen (secondary N) is 1. The molecule has 1 aromatic heterocycles. The second-order valence-corrected chi connectivity index (χ2v) is 5.99. The molecule has 0 aliphatic heterocycles. The molecule has 138 valence electrons. The van der Waals surface area contributed by atoms with Gasteiger partial charge in [0.15, 0.2) is 17.7 Å². The summed E-state index contributed by atoms with van der Waals surface area (Å²) in [6.45, 7) is 3.14. The first-order chi connectivity index (χ1) is 12.8. The molecule has 1 amide bonds. The van der Waals surface area contributed by atoms with Crippen molar-refractivity contribution in [3.63, 3.8) is 0 Å². The van der Waals surface area contributed by atoms with Crippen LogP contribution in [0.1, 0.15) is 23.0 Å². The van der Waals surface area contributed by atoms with Crippen LogP contribution in [0.2, 0.25) is 0 Å². The lowest BCUT2D eigenvalue weighted by atomic mass is 10.1. The molecule has 1 atom stereocenters. The summed E-state index contributed by atoms with van der Waals surface area (Å²) in [5.41, 5.74) is 1.64. The van der Waals surface area contributed by atoms with Crippen molar-refractivity contribution in [1.82, 2.24) is 4.98 Å². The molecule has 1 N–H and O–H groups in total. The van der Waals surface area contributed by atoms with Crippen LogP contribution in [0.5, 0.6) is 0 Å². The van der Waals surface area contributed by atoms with Crippen molar-refractivity contribution in [2.24, 2.45) is 0 Å². The highest BCUT2D eigenvalue weighted by Gasteiger charge is 2.21. The van der Waals surface area contributed by atoms with E-state index >= 15 is 0 Å². The molecule has 0 aliphatic rings. The zero-order valence-electron chi connectivity index (χ0n) is 14.6. The second kappa shape index (κ2) is 7.49. The van der Waals surface area contributed by atoms with E-state index in [1.165, 1.54) is 13.0 Å². The van der Waals surface area contributed by atoms with Gasteiger partial charge in [-0.05, 0) is 38.1 Å². The van der Waals surface area contributed by atoms with Gasteiger partial charge in [0.05, 0.1) is 11.1 Å². The quantitative estimate of drug-likeness (QED) is 0.705. The number of hydrogen-bond acceptors (Lipinski definition) is 4. The molecule has 0 fully saturated rings. The first kappa shape index (κ1) is 18.4. The number of hydrogen-bond donors (Lipinski definition) is 1. The number of rotatable bonds is 4. The van der Waals surface area contributed by atoms with Crippen molar-refractivity contribution >= 4 is 28.5 Å².